The van der Waals surface area contributed by atoms with E-state index in [0.717, 1.165) is 21.9 Å². The largest absolute Gasteiger partial charge is 0.455 e. The Morgan fingerprint density at radius 1 is 1.04 bits per heavy atom. The number of anilines is 1. The van der Waals surface area contributed by atoms with Crippen LogP contribution in [0.25, 0.3) is 10.8 Å². The molecule has 0 atom stereocenters. The minimum Gasteiger partial charge on any atom is -0.455 e. The van der Waals surface area contributed by atoms with Gasteiger partial charge >= 0.3 is 5.97 Å². The Kier molecular flexibility index (Phi) is 5.54. The Bertz CT molecular complexity index is 963. The van der Waals surface area contributed by atoms with E-state index in [2.05, 4.69) is 5.32 Å². The average Bonchev–Trinajstić information content (AvgIpc) is 2.63. The SMILES string of the molecule is Cc1ccc(NC(=O)COC(=O)Cc2cccc3ccccc23)c(Cl)c1. The van der Waals surface area contributed by atoms with Crippen LogP contribution in [-0.4, -0.2) is 18.5 Å². The molecule has 0 saturated heterocycles. The van der Waals surface area contributed by atoms with Gasteiger partial charge in [0.1, 0.15) is 0 Å². The fraction of sp³-hybridized carbons (Fsp3) is 0.143. The summed E-state index contributed by atoms with van der Waals surface area (Å²) in [6, 6.07) is 18.9. The third kappa shape index (κ3) is 4.41. The van der Waals surface area contributed by atoms with E-state index in [1.54, 1.807) is 12.1 Å². The first-order valence-corrected chi connectivity index (χ1v) is 8.59. The molecule has 3 aromatic rings. The highest BCUT2D eigenvalue weighted by Crippen LogP contribution is 2.22. The standard InChI is InChI=1S/C21H18ClNO3/c1-14-9-10-19(18(22)11-14)23-20(24)13-26-21(25)12-16-7-4-6-15-5-2-3-8-17(15)16/h2-11H,12-13H2,1H3,(H,23,24). The molecule has 0 unspecified atom stereocenters. The zero-order chi connectivity index (χ0) is 18.5. The highest BCUT2D eigenvalue weighted by molar-refractivity contribution is 6.33. The van der Waals surface area contributed by atoms with Gasteiger partial charge in [-0.3, -0.25) is 9.59 Å². The first kappa shape index (κ1) is 18.0. The van der Waals surface area contributed by atoms with E-state index in [9.17, 15) is 9.59 Å². The topological polar surface area (TPSA) is 55.4 Å². The fourth-order valence-corrected chi connectivity index (χ4v) is 2.99. The molecule has 0 saturated carbocycles. The molecule has 0 aliphatic carbocycles. The molecule has 0 bridgehead atoms. The van der Waals surface area contributed by atoms with Crippen molar-refractivity contribution < 1.29 is 14.3 Å². The summed E-state index contributed by atoms with van der Waals surface area (Å²) in [5, 5.41) is 5.15. The van der Waals surface area contributed by atoms with Gasteiger partial charge in [-0.15, -0.1) is 0 Å². The van der Waals surface area contributed by atoms with Crippen LogP contribution in [0.1, 0.15) is 11.1 Å². The molecule has 26 heavy (non-hydrogen) atoms. The molecular formula is C21H18ClNO3. The Morgan fingerprint density at radius 3 is 2.62 bits per heavy atom. The summed E-state index contributed by atoms with van der Waals surface area (Å²) in [6.45, 7) is 1.56. The van der Waals surface area contributed by atoms with Crippen molar-refractivity contribution in [3.05, 3.63) is 76.8 Å². The molecule has 0 aliphatic heterocycles. The molecule has 0 radical (unpaired) electrons. The molecule has 5 heteroatoms. The van der Waals surface area contributed by atoms with Crippen molar-refractivity contribution in [2.45, 2.75) is 13.3 Å². The van der Waals surface area contributed by atoms with Crippen molar-refractivity contribution >= 4 is 39.9 Å². The highest BCUT2D eigenvalue weighted by atomic mass is 35.5. The number of hydrogen-bond acceptors (Lipinski definition) is 3. The van der Waals surface area contributed by atoms with Crippen LogP contribution in [0.5, 0.6) is 0 Å². The zero-order valence-corrected chi connectivity index (χ0v) is 15.0. The van der Waals surface area contributed by atoms with Gasteiger partial charge in [-0.05, 0) is 41.0 Å². The lowest BCUT2D eigenvalue weighted by Crippen LogP contribution is -2.21. The van der Waals surface area contributed by atoms with E-state index < -0.39 is 11.9 Å². The normalized spacial score (nSPS) is 10.5. The molecular weight excluding hydrogens is 350 g/mol. The number of rotatable bonds is 5. The van der Waals surface area contributed by atoms with Crippen LogP contribution in [-0.2, 0) is 20.7 Å². The Labute approximate surface area is 156 Å². The van der Waals surface area contributed by atoms with E-state index in [-0.39, 0.29) is 13.0 Å². The molecule has 4 nitrogen and oxygen atoms in total. The van der Waals surface area contributed by atoms with Crippen LogP contribution in [0, 0.1) is 6.92 Å². The number of aryl methyl sites for hydroxylation is 1. The number of carbonyl (C=O) groups is 2. The first-order valence-electron chi connectivity index (χ1n) is 8.21. The lowest BCUT2D eigenvalue weighted by molar-refractivity contribution is -0.146. The van der Waals surface area contributed by atoms with Crippen LogP contribution in [0.2, 0.25) is 5.02 Å². The number of halogens is 1. The van der Waals surface area contributed by atoms with Gasteiger partial charge < -0.3 is 10.1 Å². The minimum absolute atomic E-state index is 0.111. The van der Waals surface area contributed by atoms with Crippen LogP contribution in [0.15, 0.2) is 60.7 Å². The van der Waals surface area contributed by atoms with Crippen molar-refractivity contribution in [2.24, 2.45) is 0 Å². The predicted molar refractivity (Wildman–Crippen MR) is 103 cm³/mol. The second-order valence-corrected chi connectivity index (χ2v) is 6.41. The Hall–Kier alpha value is -2.85. The van der Waals surface area contributed by atoms with E-state index in [0.29, 0.717) is 10.7 Å². The van der Waals surface area contributed by atoms with Crippen LogP contribution in [0.3, 0.4) is 0 Å². The van der Waals surface area contributed by atoms with E-state index >= 15 is 0 Å². The molecule has 0 spiro atoms. The van der Waals surface area contributed by atoms with Gasteiger partial charge in [0.2, 0.25) is 0 Å². The smallest absolute Gasteiger partial charge is 0.310 e. The molecule has 0 aliphatic rings. The Balaban J connectivity index is 1.57. The summed E-state index contributed by atoms with van der Waals surface area (Å²) < 4.78 is 5.10. The summed E-state index contributed by atoms with van der Waals surface area (Å²) in [5.74, 6) is -0.881. The summed E-state index contributed by atoms with van der Waals surface area (Å²) in [4.78, 5) is 24.1. The maximum Gasteiger partial charge on any atom is 0.310 e. The molecule has 0 fully saturated rings. The lowest BCUT2D eigenvalue weighted by atomic mass is 10.0. The van der Waals surface area contributed by atoms with Crippen LogP contribution < -0.4 is 5.32 Å². The maximum atomic E-state index is 12.1. The number of fused-ring (bicyclic) bond motifs is 1. The maximum absolute atomic E-state index is 12.1. The van der Waals surface area contributed by atoms with Crippen LogP contribution >= 0.6 is 11.6 Å². The molecule has 3 aromatic carbocycles. The molecule has 0 aromatic heterocycles. The monoisotopic (exact) mass is 367 g/mol. The van der Waals surface area contributed by atoms with Gasteiger partial charge in [-0.2, -0.15) is 0 Å². The highest BCUT2D eigenvalue weighted by Gasteiger charge is 2.12. The van der Waals surface area contributed by atoms with E-state index in [4.69, 9.17) is 16.3 Å². The molecule has 0 heterocycles. The number of nitrogens with one attached hydrogen (secondary N) is 1. The zero-order valence-electron chi connectivity index (χ0n) is 14.3. The van der Waals surface area contributed by atoms with Crippen molar-refractivity contribution in [2.75, 3.05) is 11.9 Å². The van der Waals surface area contributed by atoms with Gasteiger partial charge in [-0.25, -0.2) is 0 Å². The third-order valence-electron chi connectivity index (χ3n) is 3.98. The number of hydrogen-bond donors (Lipinski definition) is 1. The molecule has 1 amide bonds. The molecule has 1 N–H and O–H groups in total. The predicted octanol–water partition coefficient (Wildman–Crippen LogP) is 4.53. The lowest BCUT2D eigenvalue weighted by Gasteiger charge is -2.09. The van der Waals surface area contributed by atoms with Crippen molar-refractivity contribution in [1.29, 1.82) is 0 Å². The fourth-order valence-electron chi connectivity index (χ4n) is 2.71. The van der Waals surface area contributed by atoms with E-state index in [1.807, 2.05) is 55.5 Å². The number of ether oxygens (including phenoxy) is 1. The van der Waals surface area contributed by atoms with Crippen molar-refractivity contribution in [1.82, 2.24) is 0 Å². The van der Waals surface area contributed by atoms with Crippen LogP contribution in [0.4, 0.5) is 5.69 Å². The molecule has 132 valence electrons. The number of benzene rings is 3. The number of esters is 1. The summed E-state index contributed by atoms with van der Waals surface area (Å²) >= 11 is 6.08. The molecule has 3 rings (SSSR count). The summed E-state index contributed by atoms with van der Waals surface area (Å²) in [7, 11) is 0. The van der Waals surface area contributed by atoms with Gasteiger partial charge in [-0.1, -0.05) is 60.1 Å². The van der Waals surface area contributed by atoms with Gasteiger partial charge in [0.15, 0.2) is 6.61 Å². The van der Waals surface area contributed by atoms with Gasteiger partial charge in [0.25, 0.3) is 5.91 Å². The summed E-state index contributed by atoms with van der Waals surface area (Å²) in [6.07, 6.45) is 0.111. The quantitative estimate of drug-likeness (QED) is 0.674. The third-order valence-corrected chi connectivity index (χ3v) is 4.29. The first-order chi connectivity index (χ1) is 12.5. The average molecular weight is 368 g/mol. The van der Waals surface area contributed by atoms with Crippen molar-refractivity contribution in [3.63, 3.8) is 0 Å². The number of carbonyl (C=O) groups excluding carboxylic acids is 2. The minimum atomic E-state index is -0.452. The van der Waals surface area contributed by atoms with Gasteiger partial charge in [0.05, 0.1) is 17.1 Å². The number of amides is 1. The van der Waals surface area contributed by atoms with Gasteiger partial charge in [0, 0.05) is 0 Å². The Morgan fingerprint density at radius 2 is 1.81 bits per heavy atom. The van der Waals surface area contributed by atoms with E-state index in [1.165, 1.54) is 0 Å². The van der Waals surface area contributed by atoms with Crippen molar-refractivity contribution in [3.8, 4) is 0 Å². The second-order valence-electron chi connectivity index (χ2n) is 6.01. The second kappa shape index (κ2) is 8.02. The summed E-state index contributed by atoms with van der Waals surface area (Å²) in [5.41, 5.74) is 2.36.